The third-order valence-corrected chi connectivity index (χ3v) is 4.07. The van der Waals surface area contributed by atoms with Crippen molar-refractivity contribution in [3.63, 3.8) is 0 Å². The van der Waals surface area contributed by atoms with Gasteiger partial charge in [0.05, 0.1) is 10.7 Å². The number of hydrogen-bond donors (Lipinski definition) is 1. The van der Waals surface area contributed by atoms with E-state index in [2.05, 4.69) is 29.6 Å². The number of likely N-dealkylation sites (N-methyl/N-ethyl adjacent to an activating group) is 1. The Morgan fingerprint density at radius 2 is 2.25 bits per heavy atom. The van der Waals surface area contributed by atoms with E-state index in [0.717, 1.165) is 19.4 Å². The van der Waals surface area contributed by atoms with Crippen LogP contribution in [0.25, 0.3) is 11.3 Å². The van der Waals surface area contributed by atoms with Crippen molar-refractivity contribution in [1.29, 1.82) is 0 Å². The van der Waals surface area contributed by atoms with Gasteiger partial charge in [-0.15, -0.1) is 11.3 Å². The molecule has 3 rings (SSSR count). The third kappa shape index (κ3) is 1.56. The molecule has 0 unspecified atom stereocenters. The highest BCUT2D eigenvalue weighted by Crippen LogP contribution is 2.39. The summed E-state index contributed by atoms with van der Waals surface area (Å²) in [4.78, 5) is 6.19. The number of nitrogens with one attached hydrogen (secondary N) is 1. The number of hydrogen-bond acceptors (Lipinski definition) is 3. The van der Waals surface area contributed by atoms with Gasteiger partial charge in [0.2, 0.25) is 0 Å². The molecular weight excluding hydrogens is 216 g/mol. The third-order valence-electron chi connectivity index (χ3n) is 2.95. The molecule has 0 radical (unpaired) electrons. The molecule has 1 aromatic heterocycles. The first-order valence-corrected chi connectivity index (χ1v) is 6.41. The molecule has 0 atom stereocenters. The standard InChI is InChI=1S/C13H14N2S/c1-14-7-6-12-15-13-10-5-3-2-4-9(10)8-11(13)16-12/h2-5,14H,6-8H2,1H3. The lowest BCUT2D eigenvalue weighted by atomic mass is 10.1. The summed E-state index contributed by atoms with van der Waals surface area (Å²) in [7, 11) is 1.98. The number of thiazole rings is 1. The number of nitrogens with zero attached hydrogens (tertiary/aromatic N) is 1. The maximum absolute atomic E-state index is 4.75. The van der Waals surface area contributed by atoms with Crippen LogP contribution in [0.3, 0.4) is 0 Å². The second-order valence-corrected chi connectivity index (χ2v) is 5.24. The van der Waals surface area contributed by atoms with Crippen LogP contribution in [-0.4, -0.2) is 18.6 Å². The van der Waals surface area contributed by atoms with Crippen molar-refractivity contribution in [2.75, 3.05) is 13.6 Å². The van der Waals surface area contributed by atoms with Gasteiger partial charge in [-0.1, -0.05) is 24.3 Å². The van der Waals surface area contributed by atoms with Gasteiger partial charge in [0.1, 0.15) is 0 Å². The molecule has 0 fully saturated rings. The van der Waals surface area contributed by atoms with Crippen LogP contribution in [0.15, 0.2) is 24.3 Å². The minimum Gasteiger partial charge on any atom is -0.319 e. The molecule has 3 heteroatoms. The number of fused-ring (bicyclic) bond motifs is 3. The summed E-state index contributed by atoms with van der Waals surface area (Å²) in [6.07, 6.45) is 2.11. The zero-order valence-corrected chi connectivity index (χ0v) is 10.1. The molecular formula is C13H14N2S. The normalized spacial score (nSPS) is 12.6. The van der Waals surface area contributed by atoms with Crippen LogP contribution in [0.4, 0.5) is 0 Å². The summed E-state index contributed by atoms with van der Waals surface area (Å²) in [6, 6.07) is 8.59. The molecule has 1 N–H and O–H groups in total. The lowest BCUT2D eigenvalue weighted by Gasteiger charge is -1.98. The first kappa shape index (κ1) is 10.00. The average Bonchev–Trinajstić information content (AvgIpc) is 2.83. The van der Waals surface area contributed by atoms with Gasteiger partial charge >= 0.3 is 0 Å². The predicted octanol–water partition coefficient (Wildman–Crippen LogP) is 2.48. The topological polar surface area (TPSA) is 24.9 Å². The molecule has 1 aliphatic rings. The molecule has 16 heavy (non-hydrogen) atoms. The van der Waals surface area contributed by atoms with E-state index in [1.165, 1.54) is 26.7 Å². The maximum atomic E-state index is 4.75. The second-order valence-electron chi connectivity index (χ2n) is 4.07. The number of benzene rings is 1. The van der Waals surface area contributed by atoms with Gasteiger partial charge in [-0.3, -0.25) is 0 Å². The highest BCUT2D eigenvalue weighted by molar-refractivity contribution is 7.12. The Kier molecular flexibility index (Phi) is 2.50. The van der Waals surface area contributed by atoms with E-state index < -0.39 is 0 Å². The quantitative estimate of drug-likeness (QED) is 0.747. The SMILES string of the molecule is CNCCc1nc2c(s1)Cc1ccccc1-2. The van der Waals surface area contributed by atoms with E-state index in [4.69, 9.17) is 4.98 Å². The summed E-state index contributed by atoms with van der Waals surface area (Å²) < 4.78 is 0. The molecule has 0 spiro atoms. The van der Waals surface area contributed by atoms with Crippen LogP contribution >= 0.6 is 11.3 Å². The number of rotatable bonds is 3. The molecule has 1 aliphatic carbocycles. The lowest BCUT2D eigenvalue weighted by molar-refractivity contribution is 0.788. The van der Waals surface area contributed by atoms with Crippen molar-refractivity contribution in [2.24, 2.45) is 0 Å². The van der Waals surface area contributed by atoms with Crippen LogP contribution in [0, 0.1) is 0 Å². The molecule has 2 nitrogen and oxygen atoms in total. The molecule has 0 aliphatic heterocycles. The van der Waals surface area contributed by atoms with Crippen LogP contribution in [-0.2, 0) is 12.8 Å². The zero-order chi connectivity index (χ0) is 11.0. The molecule has 0 saturated heterocycles. The first-order chi connectivity index (χ1) is 7.88. The average molecular weight is 230 g/mol. The van der Waals surface area contributed by atoms with E-state index >= 15 is 0 Å². The van der Waals surface area contributed by atoms with E-state index in [1.54, 1.807) is 0 Å². The van der Waals surface area contributed by atoms with E-state index in [1.807, 2.05) is 18.4 Å². The van der Waals surface area contributed by atoms with Gasteiger partial charge in [-0.2, -0.15) is 0 Å². The van der Waals surface area contributed by atoms with E-state index in [-0.39, 0.29) is 0 Å². The Hall–Kier alpha value is -1.19. The minimum absolute atomic E-state index is 1.01. The Labute approximate surface area is 99.4 Å². The molecule has 0 saturated carbocycles. The molecule has 0 amide bonds. The van der Waals surface area contributed by atoms with Crippen LogP contribution in [0.5, 0.6) is 0 Å². The highest BCUT2D eigenvalue weighted by Gasteiger charge is 2.22. The second kappa shape index (κ2) is 4.00. The monoisotopic (exact) mass is 230 g/mol. The van der Waals surface area contributed by atoms with Crippen molar-refractivity contribution in [3.05, 3.63) is 39.7 Å². The fraction of sp³-hybridized carbons (Fsp3) is 0.308. The molecule has 1 heterocycles. The largest absolute Gasteiger partial charge is 0.319 e. The van der Waals surface area contributed by atoms with Crippen LogP contribution < -0.4 is 5.32 Å². The fourth-order valence-electron chi connectivity index (χ4n) is 2.15. The molecule has 82 valence electrons. The molecule has 0 bridgehead atoms. The smallest absolute Gasteiger partial charge is 0.0948 e. The Morgan fingerprint density at radius 1 is 1.38 bits per heavy atom. The van der Waals surface area contributed by atoms with Crippen molar-refractivity contribution >= 4 is 11.3 Å². The van der Waals surface area contributed by atoms with Gasteiger partial charge < -0.3 is 5.32 Å². The Balaban J connectivity index is 1.95. The Bertz CT molecular complexity index is 516. The summed E-state index contributed by atoms with van der Waals surface area (Å²) in [5, 5.41) is 4.42. The van der Waals surface area contributed by atoms with Gasteiger partial charge in [-0.25, -0.2) is 4.98 Å². The fourth-order valence-corrected chi connectivity index (χ4v) is 3.25. The highest BCUT2D eigenvalue weighted by atomic mass is 32.1. The summed E-state index contributed by atoms with van der Waals surface area (Å²) >= 11 is 1.87. The van der Waals surface area contributed by atoms with E-state index in [0.29, 0.717) is 0 Å². The summed E-state index contributed by atoms with van der Waals surface area (Å²) in [6.45, 7) is 1.01. The first-order valence-electron chi connectivity index (χ1n) is 5.60. The Morgan fingerprint density at radius 3 is 3.12 bits per heavy atom. The minimum atomic E-state index is 1.01. The molecule has 1 aromatic carbocycles. The van der Waals surface area contributed by atoms with Crippen molar-refractivity contribution < 1.29 is 0 Å². The summed E-state index contributed by atoms with van der Waals surface area (Å²) in [5.74, 6) is 0. The zero-order valence-electron chi connectivity index (χ0n) is 9.29. The van der Waals surface area contributed by atoms with Crippen LogP contribution in [0.1, 0.15) is 15.4 Å². The lowest BCUT2D eigenvalue weighted by Crippen LogP contribution is -2.09. The van der Waals surface area contributed by atoms with Gasteiger partial charge in [-0.05, 0) is 12.6 Å². The van der Waals surface area contributed by atoms with Crippen molar-refractivity contribution in [2.45, 2.75) is 12.8 Å². The van der Waals surface area contributed by atoms with Crippen molar-refractivity contribution in [1.82, 2.24) is 10.3 Å². The van der Waals surface area contributed by atoms with Gasteiger partial charge in [0, 0.05) is 29.8 Å². The van der Waals surface area contributed by atoms with E-state index in [9.17, 15) is 0 Å². The molecule has 2 aromatic rings. The maximum Gasteiger partial charge on any atom is 0.0948 e. The predicted molar refractivity (Wildman–Crippen MR) is 68.0 cm³/mol. The number of aromatic nitrogens is 1. The van der Waals surface area contributed by atoms with Gasteiger partial charge in [0.15, 0.2) is 0 Å². The van der Waals surface area contributed by atoms with Crippen LogP contribution in [0.2, 0.25) is 0 Å². The van der Waals surface area contributed by atoms with Crippen molar-refractivity contribution in [3.8, 4) is 11.3 Å². The van der Waals surface area contributed by atoms with Gasteiger partial charge in [0.25, 0.3) is 0 Å². The summed E-state index contributed by atoms with van der Waals surface area (Å²) in [5.41, 5.74) is 3.99.